The first-order chi connectivity index (χ1) is 7.71. The maximum Gasteiger partial charge on any atom is 0.130 e. The molecular weight excluding hydrogens is 224 g/mol. The van der Waals surface area contributed by atoms with Gasteiger partial charge in [0.15, 0.2) is 0 Å². The fraction of sp³-hybridized carbons (Fsp3) is 0.167. The first kappa shape index (κ1) is 12.1. The summed E-state index contributed by atoms with van der Waals surface area (Å²) in [6.07, 6.45) is 1.46. The molecule has 0 aliphatic rings. The van der Waals surface area contributed by atoms with E-state index in [1.165, 1.54) is 6.08 Å². The van der Waals surface area contributed by atoms with Crippen LogP contribution in [-0.4, -0.2) is 6.61 Å². The molecule has 0 fully saturated rings. The van der Waals surface area contributed by atoms with E-state index in [-0.39, 0.29) is 5.57 Å². The molecule has 0 N–H and O–H groups in total. The lowest BCUT2D eigenvalue weighted by Gasteiger charge is -2.07. The monoisotopic (exact) mass is 232 g/mol. The van der Waals surface area contributed by atoms with Crippen molar-refractivity contribution in [3.63, 3.8) is 0 Å². The van der Waals surface area contributed by atoms with Gasteiger partial charge in [0.05, 0.1) is 6.61 Å². The highest BCUT2D eigenvalue weighted by Crippen LogP contribution is 2.25. The summed E-state index contributed by atoms with van der Waals surface area (Å²) in [4.78, 5) is 0. The minimum Gasteiger partial charge on any atom is -0.493 e. The van der Waals surface area contributed by atoms with Gasteiger partial charge in [0.1, 0.15) is 23.5 Å². The largest absolute Gasteiger partial charge is 0.493 e. The van der Waals surface area contributed by atoms with Crippen molar-refractivity contribution in [1.29, 1.82) is 10.5 Å². The van der Waals surface area contributed by atoms with E-state index in [1.54, 1.807) is 30.3 Å². The molecular formula is C12H9ClN2O. The van der Waals surface area contributed by atoms with Crippen LogP contribution in [0.1, 0.15) is 12.5 Å². The van der Waals surface area contributed by atoms with E-state index in [2.05, 4.69) is 0 Å². The van der Waals surface area contributed by atoms with Gasteiger partial charge in [-0.15, -0.1) is 0 Å². The fourth-order valence-corrected chi connectivity index (χ4v) is 1.34. The summed E-state index contributed by atoms with van der Waals surface area (Å²) in [6.45, 7) is 2.37. The first-order valence-electron chi connectivity index (χ1n) is 4.65. The van der Waals surface area contributed by atoms with Crippen LogP contribution in [0.4, 0.5) is 0 Å². The van der Waals surface area contributed by atoms with E-state index in [9.17, 15) is 0 Å². The molecule has 0 amide bonds. The molecule has 0 saturated carbocycles. The van der Waals surface area contributed by atoms with E-state index in [0.717, 1.165) is 0 Å². The molecule has 0 aliphatic carbocycles. The van der Waals surface area contributed by atoms with Gasteiger partial charge in [-0.2, -0.15) is 10.5 Å². The average molecular weight is 233 g/mol. The molecule has 0 aromatic heterocycles. The molecule has 0 atom stereocenters. The van der Waals surface area contributed by atoms with Crippen molar-refractivity contribution >= 4 is 17.7 Å². The Morgan fingerprint density at radius 3 is 2.69 bits per heavy atom. The van der Waals surface area contributed by atoms with Crippen LogP contribution >= 0.6 is 11.6 Å². The van der Waals surface area contributed by atoms with Crippen LogP contribution in [0.3, 0.4) is 0 Å². The molecule has 0 spiro atoms. The highest BCUT2D eigenvalue weighted by atomic mass is 35.5. The summed E-state index contributed by atoms with van der Waals surface area (Å²) in [5.74, 6) is 0.606. The second kappa shape index (κ2) is 5.80. The molecule has 0 bridgehead atoms. The van der Waals surface area contributed by atoms with Gasteiger partial charge in [-0.25, -0.2) is 0 Å². The van der Waals surface area contributed by atoms with Gasteiger partial charge in [0.2, 0.25) is 0 Å². The van der Waals surface area contributed by atoms with E-state index in [1.807, 2.05) is 6.92 Å². The van der Waals surface area contributed by atoms with Gasteiger partial charge in [0.25, 0.3) is 0 Å². The lowest BCUT2D eigenvalue weighted by atomic mass is 10.1. The number of rotatable bonds is 3. The predicted molar refractivity (Wildman–Crippen MR) is 61.8 cm³/mol. The third-order valence-corrected chi connectivity index (χ3v) is 2.05. The van der Waals surface area contributed by atoms with Gasteiger partial charge in [-0.1, -0.05) is 11.6 Å². The molecule has 0 saturated heterocycles. The first-order valence-corrected chi connectivity index (χ1v) is 5.03. The molecule has 4 heteroatoms. The Kier molecular flexibility index (Phi) is 4.39. The number of halogens is 1. The SMILES string of the molecule is CCOc1ccc(Cl)cc1C=C(C#N)C#N. The van der Waals surface area contributed by atoms with Gasteiger partial charge in [-0.3, -0.25) is 0 Å². The van der Waals surface area contributed by atoms with Crippen molar-refractivity contribution in [2.75, 3.05) is 6.61 Å². The highest BCUT2D eigenvalue weighted by molar-refractivity contribution is 6.30. The Morgan fingerprint density at radius 2 is 2.12 bits per heavy atom. The van der Waals surface area contributed by atoms with Crippen molar-refractivity contribution in [3.05, 3.63) is 34.4 Å². The minimum absolute atomic E-state index is 0.0169. The Balaban J connectivity index is 3.21. The van der Waals surface area contributed by atoms with Crippen LogP contribution in [0, 0.1) is 22.7 Å². The topological polar surface area (TPSA) is 56.8 Å². The molecule has 16 heavy (non-hydrogen) atoms. The van der Waals surface area contributed by atoms with Crippen LogP contribution in [0.25, 0.3) is 6.08 Å². The summed E-state index contributed by atoms with van der Waals surface area (Å²) in [6, 6.07) is 8.64. The van der Waals surface area contributed by atoms with E-state index < -0.39 is 0 Å². The number of ether oxygens (including phenoxy) is 1. The Bertz CT molecular complexity index is 479. The van der Waals surface area contributed by atoms with Gasteiger partial charge < -0.3 is 4.74 Å². The van der Waals surface area contributed by atoms with Crippen molar-refractivity contribution in [1.82, 2.24) is 0 Å². The number of nitriles is 2. The number of benzene rings is 1. The molecule has 0 aliphatic heterocycles. The van der Waals surface area contributed by atoms with Gasteiger partial charge in [-0.05, 0) is 31.2 Å². The summed E-state index contributed by atoms with van der Waals surface area (Å²) in [5.41, 5.74) is 0.649. The Hall–Kier alpha value is -1.97. The maximum absolute atomic E-state index is 8.66. The van der Waals surface area contributed by atoms with Crippen LogP contribution in [0.5, 0.6) is 5.75 Å². The highest BCUT2D eigenvalue weighted by Gasteiger charge is 2.03. The minimum atomic E-state index is 0.0169. The van der Waals surface area contributed by atoms with Crippen molar-refractivity contribution in [2.45, 2.75) is 6.92 Å². The second-order valence-corrected chi connectivity index (χ2v) is 3.33. The zero-order valence-corrected chi connectivity index (χ0v) is 9.45. The van der Waals surface area contributed by atoms with Crippen LogP contribution in [0.2, 0.25) is 5.02 Å². The molecule has 1 aromatic rings. The molecule has 0 radical (unpaired) electrons. The van der Waals surface area contributed by atoms with Gasteiger partial charge >= 0.3 is 0 Å². The summed E-state index contributed by atoms with van der Waals surface area (Å²) < 4.78 is 5.36. The normalized spacial score (nSPS) is 8.75. The van der Waals surface area contributed by atoms with Gasteiger partial charge in [0, 0.05) is 10.6 Å². The van der Waals surface area contributed by atoms with E-state index in [0.29, 0.717) is 22.9 Å². The fourth-order valence-electron chi connectivity index (χ4n) is 1.16. The average Bonchev–Trinajstić information content (AvgIpc) is 2.29. The number of nitrogens with zero attached hydrogens (tertiary/aromatic N) is 2. The number of allylic oxidation sites excluding steroid dienone is 1. The summed E-state index contributed by atoms with van der Waals surface area (Å²) in [7, 11) is 0. The van der Waals surface area contributed by atoms with E-state index >= 15 is 0 Å². The van der Waals surface area contributed by atoms with E-state index in [4.69, 9.17) is 26.9 Å². The number of hydrogen-bond acceptors (Lipinski definition) is 3. The Labute approximate surface area is 99.1 Å². The smallest absolute Gasteiger partial charge is 0.130 e. The quantitative estimate of drug-likeness (QED) is 0.752. The zero-order valence-electron chi connectivity index (χ0n) is 8.70. The lowest BCUT2D eigenvalue weighted by molar-refractivity contribution is 0.339. The van der Waals surface area contributed by atoms with Crippen LogP contribution < -0.4 is 4.74 Å². The van der Waals surface area contributed by atoms with Crippen LogP contribution in [0.15, 0.2) is 23.8 Å². The molecule has 0 unspecified atom stereocenters. The van der Waals surface area contributed by atoms with Crippen LogP contribution in [-0.2, 0) is 0 Å². The van der Waals surface area contributed by atoms with Crippen molar-refractivity contribution in [3.8, 4) is 17.9 Å². The molecule has 80 valence electrons. The maximum atomic E-state index is 8.66. The molecule has 1 aromatic carbocycles. The lowest BCUT2D eigenvalue weighted by Crippen LogP contribution is -1.93. The molecule has 3 nitrogen and oxygen atoms in total. The zero-order chi connectivity index (χ0) is 12.0. The predicted octanol–water partition coefficient (Wildman–Crippen LogP) is 3.17. The van der Waals surface area contributed by atoms with Crippen molar-refractivity contribution in [2.24, 2.45) is 0 Å². The third kappa shape index (κ3) is 3.02. The summed E-state index contributed by atoms with van der Waals surface area (Å²) >= 11 is 5.84. The molecule has 1 rings (SSSR count). The van der Waals surface area contributed by atoms with Crippen molar-refractivity contribution < 1.29 is 4.74 Å². The standard InChI is InChI=1S/C12H9ClN2O/c1-2-16-12-4-3-11(13)6-10(12)5-9(7-14)8-15/h3-6H,2H2,1H3. The molecule has 0 heterocycles. The second-order valence-electron chi connectivity index (χ2n) is 2.90. The summed E-state index contributed by atoms with van der Waals surface area (Å²) in [5, 5.41) is 17.9. The Morgan fingerprint density at radius 1 is 1.44 bits per heavy atom. The third-order valence-electron chi connectivity index (χ3n) is 1.81. The number of hydrogen-bond donors (Lipinski definition) is 0.